The van der Waals surface area contributed by atoms with E-state index >= 15 is 0 Å². The van der Waals surface area contributed by atoms with Crippen LogP contribution in [0, 0.1) is 0 Å². The molecular weight excluding hydrogens is 210 g/mol. The van der Waals surface area contributed by atoms with E-state index in [1.165, 1.54) is 0 Å². The van der Waals surface area contributed by atoms with Crippen molar-refractivity contribution in [1.82, 2.24) is 15.1 Å². The molecule has 2 aromatic rings. The summed E-state index contributed by atoms with van der Waals surface area (Å²) in [6.45, 7) is 4.08. The fourth-order valence-electron chi connectivity index (χ4n) is 1.47. The molecule has 0 radical (unpaired) electrons. The Hall–Kier alpha value is -1.10. The van der Waals surface area contributed by atoms with Crippen molar-refractivity contribution in [2.45, 2.75) is 31.7 Å². The quantitative estimate of drug-likeness (QED) is 0.591. The van der Waals surface area contributed by atoms with E-state index in [1.807, 2.05) is 13.2 Å². The van der Waals surface area contributed by atoms with Gasteiger partial charge < -0.3 is 4.52 Å². The normalized spacial score (nSPS) is 11.1. The summed E-state index contributed by atoms with van der Waals surface area (Å²) in [6.07, 6.45) is 3.66. The molecule has 0 bridgehead atoms. The van der Waals surface area contributed by atoms with Crippen molar-refractivity contribution in [1.29, 1.82) is 0 Å². The third-order valence-electron chi connectivity index (χ3n) is 2.26. The number of nitrogens with zero attached hydrogens (tertiary/aromatic N) is 3. The summed E-state index contributed by atoms with van der Waals surface area (Å²) in [4.78, 5) is 8.79. The van der Waals surface area contributed by atoms with Crippen molar-refractivity contribution >= 4 is 22.9 Å². The molecule has 15 heavy (non-hydrogen) atoms. The molecule has 0 N–H and O–H groups in total. The molecule has 2 aromatic heterocycles. The van der Waals surface area contributed by atoms with Crippen LogP contribution >= 0.6 is 11.8 Å². The summed E-state index contributed by atoms with van der Waals surface area (Å²) in [5.74, 6) is 0.811. The van der Waals surface area contributed by atoms with Crippen LogP contribution in [0.25, 0.3) is 11.1 Å². The number of hydrogen-bond donors (Lipinski definition) is 0. The zero-order valence-corrected chi connectivity index (χ0v) is 9.89. The van der Waals surface area contributed by atoms with Gasteiger partial charge in [-0.25, -0.2) is 4.98 Å². The Morgan fingerprint density at radius 3 is 2.60 bits per heavy atom. The fraction of sp³-hybridized carbons (Fsp3) is 0.500. The Balaban J connectivity index is 2.72. The van der Waals surface area contributed by atoms with Crippen molar-refractivity contribution < 1.29 is 4.52 Å². The predicted octanol–water partition coefficient (Wildman–Crippen LogP) is 2.46. The van der Waals surface area contributed by atoms with Crippen LogP contribution in [0.2, 0.25) is 0 Å². The molecular formula is C10H13N3OS. The van der Waals surface area contributed by atoms with Gasteiger partial charge in [0.05, 0.1) is 11.1 Å². The second kappa shape index (κ2) is 4.18. The summed E-state index contributed by atoms with van der Waals surface area (Å²) < 4.78 is 5.21. The standard InChI is InChI=1S/C10H13N3OS/c1-4-6-8-9(14-13-6)11-7(5-2)12-10(8)15-3/h4-5H2,1-3H3. The van der Waals surface area contributed by atoms with Gasteiger partial charge >= 0.3 is 0 Å². The Morgan fingerprint density at radius 1 is 1.20 bits per heavy atom. The summed E-state index contributed by atoms with van der Waals surface area (Å²) >= 11 is 1.61. The van der Waals surface area contributed by atoms with E-state index in [0.717, 1.165) is 34.8 Å². The molecule has 0 saturated carbocycles. The molecule has 0 amide bonds. The fourth-order valence-corrected chi connectivity index (χ4v) is 2.07. The van der Waals surface area contributed by atoms with Crippen molar-refractivity contribution in [2.24, 2.45) is 0 Å². The molecule has 0 aliphatic rings. The molecule has 4 nitrogen and oxygen atoms in total. The van der Waals surface area contributed by atoms with Crippen molar-refractivity contribution in [2.75, 3.05) is 6.26 Å². The smallest absolute Gasteiger partial charge is 0.262 e. The van der Waals surface area contributed by atoms with Gasteiger partial charge in [-0.2, -0.15) is 4.98 Å². The second-order valence-corrected chi connectivity index (χ2v) is 3.96. The van der Waals surface area contributed by atoms with Crippen LogP contribution in [-0.4, -0.2) is 21.4 Å². The average Bonchev–Trinajstić information content (AvgIpc) is 2.70. The van der Waals surface area contributed by atoms with Gasteiger partial charge in [-0.3, -0.25) is 0 Å². The van der Waals surface area contributed by atoms with E-state index in [9.17, 15) is 0 Å². The number of aryl methyl sites for hydroxylation is 2. The minimum absolute atomic E-state index is 0.614. The first-order valence-corrected chi connectivity index (χ1v) is 6.21. The molecule has 80 valence electrons. The van der Waals surface area contributed by atoms with E-state index in [0.29, 0.717) is 5.71 Å². The summed E-state index contributed by atoms with van der Waals surface area (Å²) in [6, 6.07) is 0. The largest absolute Gasteiger partial charge is 0.335 e. The topological polar surface area (TPSA) is 51.8 Å². The third kappa shape index (κ3) is 1.71. The maximum Gasteiger partial charge on any atom is 0.262 e. The van der Waals surface area contributed by atoms with Crippen LogP contribution in [0.5, 0.6) is 0 Å². The van der Waals surface area contributed by atoms with Gasteiger partial charge in [0.25, 0.3) is 5.71 Å². The molecule has 0 atom stereocenters. The van der Waals surface area contributed by atoms with Crippen LogP contribution in [0.1, 0.15) is 25.4 Å². The first kappa shape index (κ1) is 10.4. The Bertz CT molecular complexity index is 481. The number of rotatable bonds is 3. The van der Waals surface area contributed by atoms with Crippen molar-refractivity contribution in [3.63, 3.8) is 0 Å². The van der Waals surface area contributed by atoms with Gasteiger partial charge in [-0.05, 0) is 12.7 Å². The highest BCUT2D eigenvalue weighted by molar-refractivity contribution is 7.98. The molecule has 0 saturated heterocycles. The molecule has 5 heteroatoms. The van der Waals surface area contributed by atoms with Gasteiger partial charge in [0.1, 0.15) is 10.9 Å². The highest BCUT2D eigenvalue weighted by Crippen LogP contribution is 2.26. The van der Waals surface area contributed by atoms with Gasteiger partial charge in [0, 0.05) is 6.42 Å². The van der Waals surface area contributed by atoms with Crippen LogP contribution in [-0.2, 0) is 12.8 Å². The second-order valence-electron chi connectivity index (χ2n) is 3.17. The van der Waals surface area contributed by atoms with Crippen LogP contribution < -0.4 is 0 Å². The van der Waals surface area contributed by atoms with Gasteiger partial charge in [-0.1, -0.05) is 19.0 Å². The lowest BCUT2D eigenvalue weighted by Crippen LogP contribution is -1.95. The van der Waals surface area contributed by atoms with E-state index in [4.69, 9.17) is 4.52 Å². The van der Waals surface area contributed by atoms with E-state index in [2.05, 4.69) is 22.0 Å². The minimum atomic E-state index is 0.614. The van der Waals surface area contributed by atoms with Crippen LogP contribution in [0.15, 0.2) is 9.55 Å². The number of fused-ring (bicyclic) bond motifs is 1. The third-order valence-corrected chi connectivity index (χ3v) is 2.95. The van der Waals surface area contributed by atoms with Gasteiger partial charge in [-0.15, -0.1) is 11.8 Å². The monoisotopic (exact) mass is 223 g/mol. The molecule has 2 heterocycles. The molecule has 0 fully saturated rings. The molecule has 0 spiro atoms. The zero-order chi connectivity index (χ0) is 10.8. The highest BCUT2D eigenvalue weighted by atomic mass is 32.2. The van der Waals surface area contributed by atoms with Crippen LogP contribution in [0.3, 0.4) is 0 Å². The van der Waals surface area contributed by atoms with E-state index < -0.39 is 0 Å². The lowest BCUT2D eigenvalue weighted by molar-refractivity contribution is 0.438. The minimum Gasteiger partial charge on any atom is -0.335 e. The van der Waals surface area contributed by atoms with E-state index in [1.54, 1.807) is 11.8 Å². The maximum atomic E-state index is 5.21. The number of hydrogen-bond acceptors (Lipinski definition) is 5. The highest BCUT2D eigenvalue weighted by Gasteiger charge is 2.14. The lowest BCUT2D eigenvalue weighted by Gasteiger charge is -2.00. The molecule has 0 aliphatic heterocycles. The average molecular weight is 223 g/mol. The Kier molecular flexibility index (Phi) is 2.90. The summed E-state index contributed by atoms with van der Waals surface area (Å²) in [5, 5.41) is 5.95. The number of thioether (sulfide) groups is 1. The van der Waals surface area contributed by atoms with E-state index in [-0.39, 0.29) is 0 Å². The van der Waals surface area contributed by atoms with Crippen molar-refractivity contribution in [3.05, 3.63) is 11.5 Å². The lowest BCUT2D eigenvalue weighted by atomic mass is 10.2. The van der Waals surface area contributed by atoms with Crippen molar-refractivity contribution in [3.8, 4) is 0 Å². The van der Waals surface area contributed by atoms with Gasteiger partial charge in [0.2, 0.25) is 0 Å². The Morgan fingerprint density at radius 2 is 2.00 bits per heavy atom. The zero-order valence-electron chi connectivity index (χ0n) is 9.07. The predicted molar refractivity (Wildman–Crippen MR) is 60.1 cm³/mol. The SMILES string of the molecule is CCc1nc(SC)c2c(CC)noc2n1. The summed E-state index contributed by atoms with van der Waals surface area (Å²) in [7, 11) is 0. The van der Waals surface area contributed by atoms with Gasteiger partial charge in [0.15, 0.2) is 0 Å². The van der Waals surface area contributed by atoms with Crippen LogP contribution in [0.4, 0.5) is 0 Å². The molecule has 0 unspecified atom stereocenters. The Labute approximate surface area is 92.5 Å². The number of aromatic nitrogens is 3. The molecule has 0 aromatic carbocycles. The molecule has 2 rings (SSSR count). The summed E-state index contributed by atoms with van der Waals surface area (Å²) in [5.41, 5.74) is 1.56. The first-order chi connectivity index (χ1) is 7.30. The molecule has 0 aliphatic carbocycles. The maximum absolute atomic E-state index is 5.21. The first-order valence-electron chi connectivity index (χ1n) is 4.99.